The minimum atomic E-state index is 0.735. The number of anilines is 2. The molecule has 2 atom stereocenters. The van der Waals surface area contributed by atoms with Gasteiger partial charge in [-0.05, 0) is 49.4 Å². The molecule has 3 heterocycles. The fraction of sp³-hybridized carbons (Fsp3) is 0.368. The summed E-state index contributed by atoms with van der Waals surface area (Å²) in [6.45, 7) is 1.97. The van der Waals surface area contributed by atoms with E-state index in [4.69, 9.17) is 0 Å². The Bertz CT molecular complexity index is 871. The molecule has 2 aliphatic rings. The smallest absolute Gasteiger partial charge is 0.0923 e. The Kier molecular flexibility index (Phi) is 3.18. The number of fused-ring (bicyclic) bond motifs is 3. The number of aromatic nitrogens is 3. The summed E-state index contributed by atoms with van der Waals surface area (Å²) < 4.78 is 1.68. The maximum atomic E-state index is 4.32. The third-order valence-electron chi connectivity index (χ3n) is 5.48. The van der Waals surface area contributed by atoms with Crippen LogP contribution in [0.5, 0.6) is 0 Å². The maximum Gasteiger partial charge on any atom is 0.0923 e. The molecular formula is C19H21N5. The van der Waals surface area contributed by atoms with Crippen molar-refractivity contribution < 1.29 is 0 Å². The molecule has 1 aliphatic carbocycles. The standard InChI is InChI=1S/C19H21N5/c1-2-5-19(23-13-14-7-8-16(23)10-14)17(4-1)20-11-15-12-22-24-18(15)6-3-9-21-24/h1-6,9,12,14,16,20H,7-8,10-11,13H2. The van der Waals surface area contributed by atoms with Crippen molar-refractivity contribution in [3.63, 3.8) is 0 Å². The lowest BCUT2D eigenvalue weighted by molar-refractivity contribution is 0.554. The van der Waals surface area contributed by atoms with Crippen molar-refractivity contribution in [3.8, 4) is 0 Å². The lowest BCUT2D eigenvalue weighted by atomic mass is 10.1. The van der Waals surface area contributed by atoms with Gasteiger partial charge in [-0.1, -0.05) is 12.1 Å². The molecule has 5 rings (SSSR count). The van der Waals surface area contributed by atoms with Crippen molar-refractivity contribution in [2.24, 2.45) is 5.92 Å². The van der Waals surface area contributed by atoms with Crippen LogP contribution in [0, 0.1) is 5.92 Å². The van der Waals surface area contributed by atoms with Crippen LogP contribution < -0.4 is 10.2 Å². The molecule has 3 aromatic rings. The number of nitrogens with one attached hydrogen (secondary N) is 1. The molecule has 5 nitrogen and oxygen atoms in total. The monoisotopic (exact) mass is 319 g/mol. The fourth-order valence-corrected chi connectivity index (χ4v) is 4.30. The Labute approximate surface area is 141 Å². The van der Waals surface area contributed by atoms with Crippen LogP contribution in [0.25, 0.3) is 5.52 Å². The summed E-state index contributed by atoms with van der Waals surface area (Å²) in [5.41, 5.74) is 4.79. The lowest BCUT2D eigenvalue weighted by Crippen LogP contribution is -2.32. The zero-order valence-corrected chi connectivity index (χ0v) is 13.6. The van der Waals surface area contributed by atoms with Crippen LogP contribution in [0.4, 0.5) is 11.4 Å². The van der Waals surface area contributed by atoms with Crippen LogP contribution in [0.2, 0.25) is 0 Å². The molecule has 1 N–H and O–H groups in total. The number of hydrogen-bond donors (Lipinski definition) is 1. The minimum absolute atomic E-state index is 0.735. The first-order valence-corrected chi connectivity index (χ1v) is 8.76. The summed E-state index contributed by atoms with van der Waals surface area (Å²) >= 11 is 0. The molecule has 2 unspecified atom stereocenters. The normalized spacial score (nSPS) is 22.4. The predicted molar refractivity (Wildman–Crippen MR) is 95.2 cm³/mol. The molecule has 1 aromatic carbocycles. The second-order valence-corrected chi connectivity index (χ2v) is 6.92. The highest BCUT2D eigenvalue weighted by atomic mass is 15.4. The molecule has 1 aliphatic heterocycles. The van der Waals surface area contributed by atoms with Gasteiger partial charge in [0.05, 0.1) is 23.1 Å². The van der Waals surface area contributed by atoms with E-state index in [1.807, 2.05) is 12.3 Å². The van der Waals surface area contributed by atoms with Gasteiger partial charge in [0.25, 0.3) is 0 Å². The Morgan fingerprint density at radius 1 is 1.08 bits per heavy atom. The van der Waals surface area contributed by atoms with Crippen molar-refractivity contribution in [1.29, 1.82) is 0 Å². The maximum absolute atomic E-state index is 4.32. The number of piperidine rings is 1. The van der Waals surface area contributed by atoms with Gasteiger partial charge in [-0.15, -0.1) is 0 Å². The molecule has 0 amide bonds. The van der Waals surface area contributed by atoms with Crippen molar-refractivity contribution in [3.05, 3.63) is 54.4 Å². The third kappa shape index (κ3) is 2.23. The Hall–Kier alpha value is -2.56. The molecule has 2 aromatic heterocycles. The zero-order valence-electron chi connectivity index (χ0n) is 13.6. The quantitative estimate of drug-likeness (QED) is 0.801. The van der Waals surface area contributed by atoms with Gasteiger partial charge in [0.2, 0.25) is 0 Å². The number of para-hydroxylation sites is 2. The van der Waals surface area contributed by atoms with Crippen LogP contribution in [0.15, 0.2) is 48.8 Å². The highest BCUT2D eigenvalue weighted by Gasteiger charge is 2.38. The molecular weight excluding hydrogens is 298 g/mol. The first-order valence-electron chi connectivity index (χ1n) is 8.76. The predicted octanol–water partition coefficient (Wildman–Crippen LogP) is 3.33. The van der Waals surface area contributed by atoms with E-state index in [-0.39, 0.29) is 0 Å². The van der Waals surface area contributed by atoms with Crippen LogP contribution >= 0.6 is 0 Å². The molecule has 0 radical (unpaired) electrons. The van der Waals surface area contributed by atoms with Crippen LogP contribution in [-0.4, -0.2) is 27.4 Å². The van der Waals surface area contributed by atoms with Crippen molar-refractivity contribution >= 4 is 16.9 Å². The zero-order chi connectivity index (χ0) is 15.9. The first-order chi connectivity index (χ1) is 11.9. The van der Waals surface area contributed by atoms with E-state index in [2.05, 4.69) is 50.7 Å². The van der Waals surface area contributed by atoms with Gasteiger partial charge < -0.3 is 10.2 Å². The van der Waals surface area contributed by atoms with Gasteiger partial charge in [0.15, 0.2) is 0 Å². The average molecular weight is 319 g/mol. The Morgan fingerprint density at radius 2 is 2.04 bits per heavy atom. The minimum Gasteiger partial charge on any atom is -0.379 e. The summed E-state index contributed by atoms with van der Waals surface area (Å²) in [5, 5.41) is 12.2. The van der Waals surface area contributed by atoms with Gasteiger partial charge >= 0.3 is 0 Å². The van der Waals surface area contributed by atoms with Crippen molar-refractivity contribution in [2.45, 2.75) is 31.8 Å². The summed E-state index contributed by atoms with van der Waals surface area (Å²) in [5.74, 6) is 0.897. The molecule has 122 valence electrons. The van der Waals surface area contributed by atoms with E-state index in [0.29, 0.717) is 0 Å². The SMILES string of the molecule is c1ccc(N2CC3CCC2C3)c(NCc2cnn3ncccc23)c1. The van der Waals surface area contributed by atoms with Crippen molar-refractivity contribution in [1.82, 2.24) is 14.8 Å². The van der Waals surface area contributed by atoms with E-state index < -0.39 is 0 Å². The second kappa shape index (κ2) is 5.51. The fourth-order valence-electron chi connectivity index (χ4n) is 4.30. The first kappa shape index (κ1) is 13.8. The molecule has 24 heavy (non-hydrogen) atoms. The topological polar surface area (TPSA) is 45.5 Å². The number of benzene rings is 1. The van der Waals surface area contributed by atoms with E-state index in [1.54, 1.807) is 10.8 Å². The van der Waals surface area contributed by atoms with E-state index in [0.717, 1.165) is 24.0 Å². The lowest BCUT2D eigenvalue weighted by Gasteiger charge is -2.31. The summed E-state index contributed by atoms with van der Waals surface area (Å²) in [6, 6.07) is 13.4. The van der Waals surface area contributed by atoms with E-state index in [9.17, 15) is 0 Å². The van der Waals surface area contributed by atoms with Crippen LogP contribution in [0.1, 0.15) is 24.8 Å². The van der Waals surface area contributed by atoms with Gasteiger partial charge in [-0.25, -0.2) is 0 Å². The molecule has 5 heteroatoms. The third-order valence-corrected chi connectivity index (χ3v) is 5.48. The van der Waals surface area contributed by atoms with Gasteiger partial charge in [0.1, 0.15) is 0 Å². The number of nitrogens with zero attached hydrogens (tertiary/aromatic N) is 4. The van der Waals surface area contributed by atoms with Crippen molar-refractivity contribution in [2.75, 3.05) is 16.8 Å². The highest BCUT2D eigenvalue weighted by Crippen LogP contribution is 2.42. The largest absolute Gasteiger partial charge is 0.379 e. The molecule has 2 fully saturated rings. The van der Waals surface area contributed by atoms with Gasteiger partial charge in [-0.3, -0.25) is 0 Å². The highest BCUT2D eigenvalue weighted by molar-refractivity contribution is 5.71. The van der Waals surface area contributed by atoms with Crippen LogP contribution in [-0.2, 0) is 6.54 Å². The molecule has 1 saturated heterocycles. The summed E-state index contributed by atoms with van der Waals surface area (Å²) in [6.07, 6.45) is 7.78. The van der Waals surface area contributed by atoms with E-state index >= 15 is 0 Å². The van der Waals surface area contributed by atoms with Gasteiger partial charge in [0, 0.05) is 30.9 Å². The summed E-state index contributed by atoms with van der Waals surface area (Å²) in [7, 11) is 0. The number of rotatable bonds is 4. The van der Waals surface area contributed by atoms with Gasteiger partial charge in [-0.2, -0.15) is 14.8 Å². The van der Waals surface area contributed by atoms with Crippen LogP contribution in [0.3, 0.4) is 0 Å². The molecule has 2 bridgehead atoms. The molecule has 0 spiro atoms. The summed E-state index contributed by atoms with van der Waals surface area (Å²) in [4.78, 5) is 2.61. The Morgan fingerprint density at radius 3 is 2.92 bits per heavy atom. The molecule has 1 saturated carbocycles. The number of hydrogen-bond acceptors (Lipinski definition) is 4. The Balaban J connectivity index is 1.40. The second-order valence-electron chi connectivity index (χ2n) is 6.92. The van der Waals surface area contributed by atoms with E-state index in [1.165, 1.54) is 42.7 Å². The average Bonchev–Trinajstić information content (AvgIpc) is 3.35.